The number of hydrogen-bond donors (Lipinski definition) is 1. The molecule has 0 radical (unpaired) electrons. The average Bonchev–Trinajstić information content (AvgIpc) is 2.75. The van der Waals surface area contributed by atoms with Gasteiger partial charge in [-0.15, -0.1) is 0 Å². The smallest absolute Gasteiger partial charge is 0.323 e. The number of carbonyl (C=O) groups excluding carboxylic acids is 1. The third-order valence-electron chi connectivity index (χ3n) is 3.67. The summed E-state index contributed by atoms with van der Waals surface area (Å²) in [5.41, 5.74) is -1.53. The van der Waals surface area contributed by atoms with Crippen molar-refractivity contribution in [3.8, 4) is 0 Å². The van der Waals surface area contributed by atoms with Crippen molar-refractivity contribution in [3.05, 3.63) is 18.2 Å². The Balaban J connectivity index is 3.01. The Morgan fingerprint density at radius 1 is 1.50 bits per heavy atom. The standard InChI is InChI=1S/C14H22N2O4/c1-5-20-13(19)14(10(2)3,12(17)18)7-6-11-15-8-9-16(11)4/h8-10H,5-7H2,1-4H3,(H,17,18). The molecule has 0 aliphatic rings. The number of esters is 1. The molecule has 0 spiro atoms. The zero-order valence-electron chi connectivity index (χ0n) is 12.4. The van der Waals surface area contributed by atoms with Crippen LogP contribution in [0.5, 0.6) is 0 Å². The summed E-state index contributed by atoms with van der Waals surface area (Å²) in [6.45, 7) is 5.29. The Labute approximate surface area is 118 Å². The molecule has 1 N–H and O–H groups in total. The van der Waals surface area contributed by atoms with E-state index in [-0.39, 0.29) is 18.9 Å². The number of nitrogens with zero attached hydrogens (tertiary/aromatic N) is 2. The van der Waals surface area contributed by atoms with Crippen molar-refractivity contribution in [2.45, 2.75) is 33.6 Å². The molecule has 1 rings (SSSR count). The van der Waals surface area contributed by atoms with Gasteiger partial charge in [0.2, 0.25) is 0 Å². The summed E-state index contributed by atoms with van der Waals surface area (Å²) in [6.07, 6.45) is 4.02. The highest BCUT2D eigenvalue weighted by atomic mass is 16.5. The molecule has 0 fully saturated rings. The van der Waals surface area contributed by atoms with Crippen LogP contribution in [0.25, 0.3) is 0 Å². The molecule has 1 aromatic heterocycles. The summed E-state index contributed by atoms with van der Waals surface area (Å²) in [4.78, 5) is 28.0. The number of aryl methyl sites for hydroxylation is 2. The van der Waals surface area contributed by atoms with Crippen LogP contribution in [0.15, 0.2) is 12.4 Å². The molecule has 112 valence electrons. The first-order chi connectivity index (χ1) is 9.36. The maximum atomic E-state index is 12.2. The second kappa shape index (κ2) is 6.54. The van der Waals surface area contributed by atoms with Gasteiger partial charge in [-0.05, 0) is 19.3 Å². The lowest BCUT2D eigenvalue weighted by Gasteiger charge is -2.30. The molecule has 0 saturated carbocycles. The molecular formula is C14H22N2O4. The van der Waals surface area contributed by atoms with Gasteiger partial charge < -0.3 is 14.4 Å². The highest BCUT2D eigenvalue weighted by molar-refractivity contribution is 5.99. The Hall–Kier alpha value is -1.85. The summed E-state index contributed by atoms with van der Waals surface area (Å²) < 4.78 is 6.80. The fourth-order valence-corrected chi connectivity index (χ4v) is 2.27. The molecule has 20 heavy (non-hydrogen) atoms. The van der Waals surface area contributed by atoms with E-state index in [1.165, 1.54) is 0 Å². The van der Waals surface area contributed by atoms with Crippen LogP contribution in [-0.4, -0.2) is 33.2 Å². The highest BCUT2D eigenvalue weighted by Crippen LogP contribution is 2.35. The lowest BCUT2D eigenvalue weighted by atomic mass is 9.73. The highest BCUT2D eigenvalue weighted by Gasteiger charge is 2.50. The lowest BCUT2D eigenvalue weighted by Crippen LogP contribution is -2.45. The second-order valence-electron chi connectivity index (χ2n) is 5.11. The normalized spacial score (nSPS) is 14.1. The van der Waals surface area contributed by atoms with Gasteiger partial charge in [-0.25, -0.2) is 4.98 Å². The quantitative estimate of drug-likeness (QED) is 0.607. The minimum atomic E-state index is -1.53. The van der Waals surface area contributed by atoms with Crippen LogP contribution < -0.4 is 0 Å². The largest absolute Gasteiger partial charge is 0.480 e. The predicted octanol–water partition coefficient (Wildman–Crippen LogP) is 1.64. The third kappa shape index (κ3) is 3.00. The zero-order chi connectivity index (χ0) is 15.3. The van der Waals surface area contributed by atoms with Gasteiger partial charge in [-0.2, -0.15) is 0 Å². The van der Waals surface area contributed by atoms with Crippen LogP contribution in [0.2, 0.25) is 0 Å². The number of imidazole rings is 1. The zero-order valence-corrected chi connectivity index (χ0v) is 12.4. The van der Waals surface area contributed by atoms with Crippen molar-refractivity contribution in [1.82, 2.24) is 9.55 Å². The van der Waals surface area contributed by atoms with E-state index in [2.05, 4.69) is 4.98 Å². The van der Waals surface area contributed by atoms with Crippen molar-refractivity contribution in [1.29, 1.82) is 0 Å². The molecule has 0 aliphatic carbocycles. The fraction of sp³-hybridized carbons (Fsp3) is 0.643. The van der Waals surface area contributed by atoms with Crippen LogP contribution in [0.1, 0.15) is 33.0 Å². The lowest BCUT2D eigenvalue weighted by molar-refractivity contribution is -0.173. The molecule has 6 heteroatoms. The number of aromatic nitrogens is 2. The molecule has 0 aliphatic heterocycles. The van der Waals surface area contributed by atoms with E-state index in [9.17, 15) is 14.7 Å². The summed E-state index contributed by atoms with van der Waals surface area (Å²) in [5, 5.41) is 9.56. The Bertz CT molecular complexity index is 481. The van der Waals surface area contributed by atoms with Crippen molar-refractivity contribution in [2.24, 2.45) is 18.4 Å². The number of rotatable bonds is 7. The summed E-state index contributed by atoms with van der Waals surface area (Å²) in [7, 11) is 1.84. The minimum absolute atomic E-state index is 0.170. The van der Waals surface area contributed by atoms with E-state index in [1.54, 1.807) is 33.2 Å². The summed E-state index contributed by atoms with van der Waals surface area (Å²) >= 11 is 0. The van der Waals surface area contributed by atoms with Crippen LogP contribution in [-0.2, 0) is 27.8 Å². The van der Waals surface area contributed by atoms with E-state index in [4.69, 9.17) is 4.74 Å². The summed E-state index contributed by atoms with van der Waals surface area (Å²) in [5.74, 6) is -1.42. The van der Waals surface area contributed by atoms with Crippen molar-refractivity contribution < 1.29 is 19.4 Å². The number of aliphatic carboxylic acids is 1. The predicted molar refractivity (Wildman–Crippen MR) is 73.1 cm³/mol. The van der Waals surface area contributed by atoms with Gasteiger partial charge in [0, 0.05) is 25.9 Å². The van der Waals surface area contributed by atoms with Gasteiger partial charge in [0.05, 0.1) is 6.61 Å². The van der Waals surface area contributed by atoms with Gasteiger partial charge in [-0.1, -0.05) is 13.8 Å². The van der Waals surface area contributed by atoms with Gasteiger partial charge in [0.25, 0.3) is 0 Å². The molecule has 0 saturated heterocycles. The van der Waals surface area contributed by atoms with Crippen LogP contribution in [0.4, 0.5) is 0 Å². The first kappa shape index (κ1) is 16.2. The van der Waals surface area contributed by atoms with E-state index in [1.807, 2.05) is 11.6 Å². The van der Waals surface area contributed by atoms with E-state index in [0.29, 0.717) is 6.42 Å². The van der Waals surface area contributed by atoms with Gasteiger partial charge in [-0.3, -0.25) is 9.59 Å². The number of carboxylic acid groups (broad SMARTS) is 1. The molecule has 1 heterocycles. The van der Waals surface area contributed by atoms with E-state index >= 15 is 0 Å². The molecule has 0 aromatic carbocycles. The van der Waals surface area contributed by atoms with Crippen LogP contribution in [0, 0.1) is 11.3 Å². The molecule has 0 bridgehead atoms. The molecule has 1 unspecified atom stereocenters. The Morgan fingerprint density at radius 3 is 2.55 bits per heavy atom. The van der Waals surface area contributed by atoms with E-state index < -0.39 is 17.4 Å². The number of carboxylic acids is 1. The molecule has 6 nitrogen and oxygen atoms in total. The molecule has 0 amide bonds. The molecule has 1 atom stereocenters. The Kier molecular flexibility index (Phi) is 5.30. The van der Waals surface area contributed by atoms with Gasteiger partial charge in [0.1, 0.15) is 5.82 Å². The van der Waals surface area contributed by atoms with Gasteiger partial charge >= 0.3 is 11.9 Å². The van der Waals surface area contributed by atoms with Gasteiger partial charge in [0.15, 0.2) is 5.41 Å². The van der Waals surface area contributed by atoms with Crippen LogP contribution in [0.3, 0.4) is 0 Å². The second-order valence-corrected chi connectivity index (χ2v) is 5.11. The summed E-state index contributed by atoms with van der Waals surface area (Å²) in [6, 6.07) is 0. The number of carbonyl (C=O) groups is 2. The van der Waals surface area contributed by atoms with Crippen molar-refractivity contribution in [3.63, 3.8) is 0 Å². The third-order valence-corrected chi connectivity index (χ3v) is 3.67. The monoisotopic (exact) mass is 282 g/mol. The minimum Gasteiger partial charge on any atom is -0.480 e. The average molecular weight is 282 g/mol. The van der Waals surface area contributed by atoms with Crippen molar-refractivity contribution >= 4 is 11.9 Å². The number of hydrogen-bond acceptors (Lipinski definition) is 4. The maximum Gasteiger partial charge on any atom is 0.323 e. The van der Waals surface area contributed by atoms with Crippen LogP contribution >= 0.6 is 0 Å². The topological polar surface area (TPSA) is 81.4 Å². The molecular weight excluding hydrogens is 260 g/mol. The number of ether oxygens (including phenoxy) is 1. The first-order valence-corrected chi connectivity index (χ1v) is 6.73. The van der Waals surface area contributed by atoms with E-state index in [0.717, 1.165) is 5.82 Å². The first-order valence-electron chi connectivity index (χ1n) is 6.73. The SMILES string of the molecule is CCOC(=O)C(CCc1nccn1C)(C(=O)O)C(C)C. The van der Waals surface area contributed by atoms with Crippen molar-refractivity contribution in [2.75, 3.05) is 6.61 Å². The fourth-order valence-electron chi connectivity index (χ4n) is 2.27. The molecule has 1 aromatic rings. The maximum absolute atomic E-state index is 12.2. The Morgan fingerprint density at radius 2 is 2.15 bits per heavy atom.